The Labute approximate surface area is 381 Å². The molecule has 5 aliphatic rings. The number of rotatable bonds is 18. The van der Waals surface area contributed by atoms with Crippen molar-refractivity contribution in [3.8, 4) is 12.3 Å². The zero-order valence-corrected chi connectivity index (χ0v) is 41.9. The van der Waals surface area contributed by atoms with Crippen molar-refractivity contribution in [2.24, 2.45) is 41.4 Å². The molecule has 18 atom stereocenters. The molecule has 12 nitrogen and oxygen atoms in total. The van der Waals surface area contributed by atoms with E-state index in [9.17, 15) is 24.6 Å². The van der Waals surface area contributed by atoms with Gasteiger partial charge < -0.3 is 44.0 Å². The molecule has 13 heteroatoms. The lowest BCUT2D eigenvalue weighted by Crippen LogP contribution is -2.65. The molecule has 63 heavy (non-hydrogen) atoms. The molecule has 0 radical (unpaired) electrons. The van der Waals surface area contributed by atoms with E-state index in [2.05, 4.69) is 50.3 Å². The predicted molar refractivity (Wildman–Crippen MR) is 248 cm³/mol. The van der Waals surface area contributed by atoms with Crippen LogP contribution < -0.4 is 10.6 Å². The van der Waals surface area contributed by atoms with E-state index in [1.165, 1.54) is 0 Å². The van der Waals surface area contributed by atoms with Crippen LogP contribution in [0.15, 0.2) is 12.2 Å². The van der Waals surface area contributed by atoms with Gasteiger partial charge in [0.2, 0.25) is 5.91 Å². The Bertz CT molecular complexity index is 1620. The van der Waals surface area contributed by atoms with Crippen LogP contribution in [0.2, 0.25) is 19.1 Å². The Hall–Kier alpha value is -1.70. The average Bonchev–Trinajstić information content (AvgIpc) is 3.58. The molecule has 1 amide bonds. The SMILES string of the molecule is C#CCN[C@@H]1C=C[C@]2(O[C@H]([C@@H](CC)C(=O)[C@@H](C)[C@@H](O)[C@H](C)[C@@H]3O[C@@H]([C@@H](CC)C(=O)NCCC[Si](C)(C)O)CC[C@@H]3C)[C@@H](C)C[C@H]2C)O[C@@]12CC[C@@](C)(C1CC[C@](O)(CC)[C@H](C)O1)O2. The number of carbonyl (C=O) groups excluding carboxylic acids is 2. The van der Waals surface area contributed by atoms with Gasteiger partial charge in [-0.15, -0.1) is 6.42 Å². The molecule has 4 saturated heterocycles. The highest BCUT2D eigenvalue weighted by molar-refractivity contribution is 6.69. The summed E-state index contributed by atoms with van der Waals surface area (Å²) < 4.78 is 34.9. The summed E-state index contributed by atoms with van der Waals surface area (Å²) >= 11 is 0. The van der Waals surface area contributed by atoms with E-state index < -0.39 is 55.1 Å². The molecule has 0 aliphatic carbocycles. The van der Waals surface area contributed by atoms with Crippen LogP contribution >= 0.6 is 0 Å². The Morgan fingerprint density at radius 3 is 2.27 bits per heavy atom. The van der Waals surface area contributed by atoms with Gasteiger partial charge in [-0.05, 0) is 115 Å². The zero-order valence-electron chi connectivity index (χ0n) is 40.9. The first-order chi connectivity index (χ1) is 29.5. The van der Waals surface area contributed by atoms with Gasteiger partial charge in [0.25, 0.3) is 0 Å². The first-order valence-electron chi connectivity index (χ1n) is 24.7. The van der Waals surface area contributed by atoms with Crippen LogP contribution in [0.25, 0.3) is 0 Å². The first-order valence-corrected chi connectivity index (χ1v) is 27.9. The summed E-state index contributed by atoms with van der Waals surface area (Å²) in [4.78, 5) is 38.4. The van der Waals surface area contributed by atoms with Crippen molar-refractivity contribution in [2.75, 3.05) is 13.1 Å². The summed E-state index contributed by atoms with van der Waals surface area (Å²) in [5.41, 5.74) is -1.56. The second-order valence-electron chi connectivity index (χ2n) is 21.4. The lowest BCUT2D eigenvalue weighted by Gasteiger charge is -2.55. The molecule has 4 fully saturated rings. The Kier molecular flexibility index (Phi) is 17.5. The lowest BCUT2D eigenvalue weighted by molar-refractivity contribution is -0.398. The molecule has 2 spiro atoms. The van der Waals surface area contributed by atoms with Crippen molar-refractivity contribution in [1.29, 1.82) is 0 Å². The van der Waals surface area contributed by atoms with Crippen LogP contribution in [-0.2, 0) is 33.3 Å². The fourth-order valence-corrected chi connectivity index (χ4v) is 12.8. The van der Waals surface area contributed by atoms with Gasteiger partial charge in [0.15, 0.2) is 19.9 Å². The molecule has 0 aromatic rings. The van der Waals surface area contributed by atoms with Gasteiger partial charge in [-0.25, -0.2) is 0 Å². The third-order valence-electron chi connectivity index (χ3n) is 16.2. The van der Waals surface area contributed by atoms with Crippen molar-refractivity contribution in [3.05, 3.63) is 12.2 Å². The maximum Gasteiger partial charge on any atom is 0.225 e. The molecule has 0 aromatic carbocycles. The van der Waals surface area contributed by atoms with E-state index in [0.29, 0.717) is 58.0 Å². The molecule has 0 bridgehead atoms. The summed E-state index contributed by atoms with van der Waals surface area (Å²) in [5.74, 6) is -1.42. The predicted octanol–water partition coefficient (Wildman–Crippen LogP) is 7.04. The molecule has 5 N–H and O–H groups in total. The van der Waals surface area contributed by atoms with Gasteiger partial charge in [0.1, 0.15) is 5.78 Å². The van der Waals surface area contributed by atoms with Crippen LogP contribution in [0.5, 0.6) is 0 Å². The van der Waals surface area contributed by atoms with Crippen LogP contribution in [0.1, 0.15) is 140 Å². The van der Waals surface area contributed by atoms with E-state index in [1.54, 1.807) is 0 Å². The summed E-state index contributed by atoms with van der Waals surface area (Å²) in [6.07, 6.45) is 14.6. The summed E-state index contributed by atoms with van der Waals surface area (Å²) in [7, 11) is -2.18. The second-order valence-corrected chi connectivity index (χ2v) is 25.5. The first kappa shape index (κ1) is 52.3. The van der Waals surface area contributed by atoms with E-state index in [1.807, 2.05) is 60.7 Å². The minimum atomic E-state index is -2.18. The van der Waals surface area contributed by atoms with Gasteiger partial charge in [0.05, 0.1) is 66.3 Å². The fourth-order valence-electron chi connectivity index (χ4n) is 11.8. The van der Waals surface area contributed by atoms with Crippen LogP contribution in [-0.4, -0.2) is 114 Å². The zero-order chi connectivity index (χ0) is 46.7. The number of terminal acetylenes is 1. The Morgan fingerprint density at radius 2 is 1.65 bits per heavy atom. The molecule has 5 heterocycles. The van der Waals surface area contributed by atoms with E-state index >= 15 is 0 Å². The van der Waals surface area contributed by atoms with Gasteiger partial charge in [-0.3, -0.25) is 14.9 Å². The molecular weight excluding hydrogens is 817 g/mol. The number of Topliss-reactive ketones (excluding diaryl/α,β-unsaturated/α-hetero) is 1. The summed E-state index contributed by atoms with van der Waals surface area (Å²) in [5, 5.41) is 29.8. The van der Waals surface area contributed by atoms with E-state index in [-0.39, 0.29) is 71.7 Å². The van der Waals surface area contributed by atoms with Gasteiger partial charge in [0, 0.05) is 36.6 Å². The van der Waals surface area contributed by atoms with E-state index in [0.717, 1.165) is 31.7 Å². The Balaban J connectivity index is 1.30. The second kappa shape index (κ2) is 21.1. The lowest BCUT2D eigenvalue weighted by atomic mass is 9.72. The maximum absolute atomic E-state index is 14.8. The van der Waals surface area contributed by atoms with Crippen molar-refractivity contribution in [2.45, 2.75) is 224 Å². The highest BCUT2D eigenvalue weighted by Crippen LogP contribution is 2.54. The topological polar surface area (TPSA) is 165 Å². The number of ketones is 1. The smallest absolute Gasteiger partial charge is 0.225 e. The molecule has 5 aliphatic heterocycles. The number of aliphatic hydroxyl groups excluding tert-OH is 1. The van der Waals surface area contributed by atoms with Crippen LogP contribution in [0.4, 0.5) is 0 Å². The highest BCUT2D eigenvalue weighted by atomic mass is 28.4. The normalized spacial score (nSPS) is 40.8. The third kappa shape index (κ3) is 11.4. The minimum Gasteiger partial charge on any atom is -0.432 e. The van der Waals surface area contributed by atoms with Crippen molar-refractivity contribution >= 4 is 20.0 Å². The number of hydrogen-bond acceptors (Lipinski definition) is 11. The maximum atomic E-state index is 14.8. The quantitative estimate of drug-likeness (QED) is 0.0415. The third-order valence-corrected chi connectivity index (χ3v) is 17.8. The number of ether oxygens (including phenoxy) is 5. The molecule has 1 unspecified atom stereocenters. The van der Waals surface area contributed by atoms with Crippen molar-refractivity contribution in [1.82, 2.24) is 10.6 Å². The van der Waals surface area contributed by atoms with Crippen LogP contribution in [0, 0.1) is 53.8 Å². The minimum absolute atomic E-state index is 0.0291. The summed E-state index contributed by atoms with van der Waals surface area (Å²) in [6, 6.07) is 0.371. The highest BCUT2D eigenvalue weighted by Gasteiger charge is 2.63. The molecular formula is C50H86N2O10Si. The van der Waals surface area contributed by atoms with Gasteiger partial charge in [-0.1, -0.05) is 67.4 Å². The summed E-state index contributed by atoms with van der Waals surface area (Å²) in [6.45, 7) is 24.9. The van der Waals surface area contributed by atoms with E-state index in [4.69, 9.17) is 30.1 Å². The standard InChI is InChI=1S/C50H86N2O10Si/c1-14-27-51-40-21-24-49(62-50(40)26-25-47(11,61-50)41-22-23-48(56,17-4)36(10)58-41)33(7)30-32(6)45(60-49)38(16-3)43(54)34(8)42(53)35(9)44-31(5)19-20-39(59-44)37(15-2)46(55)52-28-18-29-63(12,13)57/h1,21,24,31-42,44-45,51,53,56-57H,15-20,22-23,25-30H2,2-13H3,(H,52,55)/t31-,32-,33+,34-,35-,36-,37+,38-,39+,40+,41?,42+,44+,45-,47-,48+,49-,50-/m0/s1. The fraction of sp³-hybridized carbons (Fsp3) is 0.880. The molecule has 5 rings (SSSR count). The van der Waals surface area contributed by atoms with Crippen molar-refractivity contribution < 1.29 is 48.3 Å². The molecule has 0 saturated carbocycles. The van der Waals surface area contributed by atoms with Gasteiger partial charge >= 0.3 is 0 Å². The van der Waals surface area contributed by atoms with Gasteiger partial charge in [-0.2, -0.15) is 0 Å². The largest absolute Gasteiger partial charge is 0.432 e. The number of carbonyl (C=O) groups is 2. The van der Waals surface area contributed by atoms with Crippen LogP contribution in [0.3, 0.4) is 0 Å². The average molecular weight is 903 g/mol. The Morgan fingerprint density at radius 1 is 0.952 bits per heavy atom. The number of amides is 1. The molecule has 0 aromatic heterocycles. The monoisotopic (exact) mass is 903 g/mol. The number of nitrogens with one attached hydrogen (secondary N) is 2. The number of hydrogen-bond donors (Lipinski definition) is 5. The van der Waals surface area contributed by atoms with Crippen molar-refractivity contribution in [3.63, 3.8) is 0 Å². The number of aliphatic hydroxyl groups is 2. The molecule has 360 valence electrons.